The third-order valence-electron chi connectivity index (χ3n) is 8.58. The van der Waals surface area contributed by atoms with Crippen LogP contribution in [0.1, 0.15) is 0 Å². The first-order chi connectivity index (χ1) is 20.8. The van der Waals surface area contributed by atoms with Gasteiger partial charge in [-0.3, -0.25) is 0 Å². The highest BCUT2D eigenvalue weighted by Gasteiger charge is 2.17. The second kappa shape index (κ2) is 8.95. The zero-order chi connectivity index (χ0) is 27.6. The molecule has 42 heavy (non-hydrogen) atoms. The lowest BCUT2D eigenvalue weighted by molar-refractivity contribution is 0.669. The van der Waals surface area contributed by atoms with Crippen molar-refractivity contribution in [2.45, 2.75) is 0 Å². The van der Waals surface area contributed by atoms with Crippen LogP contribution in [0.15, 0.2) is 156 Å². The number of para-hydroxylation sites is 2. The molecule has 2 nitrogen and oxygen atoms in total. The van der Waals surface area contributed by atoms with E-state index in [0.29, 0.717) is 0 Å². The molecule has 0 unspecified atom stereocenters. The van der Waals surface area contributed by atoms with Crippen molar-refractivity contribution in [2.75, 3.05) is 4.90 Å². The van der Waals surface area contributed by atoms with Crippen molar-refractivity contribution in [3.63, 3.8) is 0 Å². The molecule has 9 aromatic rings. The fourth-order valence-corrected chi connectivity index (χ4v) is 6.66. The van der Waals surface area contributed by atoms with E-state index in [0.717, 1.165) is 39.0 Å². The SMILES string of the molecule is c1ccc(N(c2ccc3c(ccc4ccc5ccccc5c43)c2)c2ccc3ccc4oc5ccccc5c4c3c2)cc1. The predicted molar refractivity (Wildman–Crippen MR) is 178 cm³/mol. The standard InChI is InChI=1S/C40H25NO/c1-2-9-30(10-3-1)41(32-20-18-27-19-23-38-40(36(27)25-32)35-12-6-7-13-37(35)42-38)31-21-22-34-29(24-31)17-16-28-15-14-26-8-4-5-11-33(26)39(28)34/h1-25H. The van der Waals surface area contributed by atoms with E-state index in [-0.39, 0.29) is 0 Å². The number of furan rings is 1. The van der Waals surface area contributed by atoms with E-state index >= 15 is 0 Å². The Labute approximate surface area is 242 Å². The Morgan fingerprint density at radius 1 is 0.333 bits per heavy atom. The summed E-state index contributed by atoms with van der Waals surface area (Å²) in [5.74, 6) is 0. The topological polar surface area (TPSA) is 16.4 Å². The van der Waals surface area contributed by atoms with Crippen LogP contribution in [0, 0.1) is 0 Å². The minimum Gasteiger partial charge on any atom is -0.456 e. The maximum Gasteiger partial charge on any atom is 0.136 e. The lowest BCUT2D eigenvalue weighted by Crippen LogP contribution is -2.09. The van der Waals surface area contributed by atoms with Crippen LogP contribution in [-0.4, -0.2) is 0 Å². The van der Waals surface area contributed by atoms with Crippen LogP contribution in [0.3, 0.4) is 0 Å². The molecule has 196 valence electrons. The monoisotopic (exact) mass is 535 g/mol. The van der Waals surface area contributed by atoms with Gasteiger partial charge in [-0.25, -0.2) is 0 Å². The van der Waals surface area contributed by atoms with Gasteiger partial charge in [-0.05, 0) is 91.6 Å². The molecule has 2 heteroatoms. The zero-order valence-corrected chi connectivity index (χ0v) is 22.8. The van der Waals surface area contributed by atoms with Gasteiger partial charge in [0.25, 0.3) is 0 Å². The molecule has 0 amide bonds. The first-order valence-electron chi connectivity index (χ1n) is 14.4. The Morgan fingerprint density at radius 2 is 0.952 bits per heavy atom. The van der Waals surface area contributed by atoms with Gasteiger partial charge in [0.05, 0.1) is 0 Å². The van der Waals surface area contributed by atoms with E-state index in [2.05, 4.69) is 144 Å². The first kappa shape index (κ1) is 23.1. The molecular weight excluding hydrogens is 510 g/mol. The molecule has 1 aromatic heterocycles. The maximum atomic E-state index is 6.23. The van der Waals surface area contributed by atoms with Crippen LogP contribution in [0.25, 0.3) is 65.0 Å². The van der Waals surface area contributed by atoms with Crippen molar-refractivity contribution in [3.8, 4) is 0 Å². The van der Waals surface area contributed by atoms with Crippen molar-refractivity contribution in [2.24, 2.45) is 0 Å². The molecule has 0 radical (unpaired) electrons. The number of hydrogen-bond donors (Lipinski definition) is 0. The van der Waals surface area contributed by atoms with Crippen LogP contribution in [0.5, 0.6) is 0 Å². The van der Waals surface area contributed by atoms with Gasteiger partial charge in [-0.15, -0.1) is 0 Å². The lowest BCUT2D eigenvalue weighted by atomic mass is 9.96. The first-order valence-corrected chi connectivity index (χ1v) is 14.4. The highest BCUT2D eigenvalue weighted by atomic mass is 16.3. The average molecular weight is 536 g/mol. The molecule has 0 N–H and O–H groups in total. The smallest absolute Gasteiger partial charge is 0.136 e. The van der Waals surface area contributed by atoms with Gasteiger partial charge in [0.2, 0.25) is 0 Å². The maximum absolute atomic E-state index is 6.23. The Hall–Kier alpha value is -5.60. The number of rotatable bonds is 3. The molecule has 0 fully saturated rings. The van der Waals surface area contributed by atoms with Gasteiger partial charge >= 0.3 is 0 Å². The molecule has 0 aliphatic carbocycles. The van der Waals surface area contributed by atoms with Gasteiger partial charge in [0, 0.05) is 27.8 Å². The van der Waals surface area contributed by atoms with E-state index in [9.17, 15) is 0 Å². The summed E-state index contributed by atoms with van der Waals surface area (Å²) in [5.41, 5.74) is 5.18. The summed E-state index contributed by atoms with van der Waals surface area (Å²) in [6.07, 6.45) is 0. The van der Waals surface area contributed by atoms with Crippen LogP contribution in [0.2, 0.25) is 0 Å². The molecule has 0 saturated carbocycles. The number of nitrogens with zero attached hydrogens (tertiary/aromatic N) is 1. The third-order valence-corrected chi connectivity index (χ3v) is 8.58. The quantitative estimate of drug-likeness (QED) is 0.209. The Kier molecular flexibility index (Phi) is 4.93. The van der Waals surface area contributed by atoms with E-state index in [1.165, 1.54) is 43.1 Å². The summed E-state index contributed by atoms with van der Waals surface area (Å²) in [5, 5.41) is 12.3. The average Bonchev–Trinajstić information content (AvgIpc) is 3.44. The van der Waals surface area contributed by atoms with Crippen LogP contribution < -0.4 is 4.90 Å². The third kappa shape index (κ3) is 3.45. The van der Waals surface area contributed by atoms with Crippen LogP contribution >= 0.6 is 0 Å². The van der Waals surface area contributed by atoms with E-state index in [4.69, 9.17) is 4.42 Å². The molecule has 8 aromatic carbocycles. The fraction of sp³-hybridized carbons (Fsp3) is 0. The van der Waals surface area contributed by atoms with Crippen molar-refractivity contribution in [1.29, 1.82) is 0 Å². The summed E-state index contributed by atoms with van der Waals surface area (Å²) < 4.78 is 6.23. The Balaban J connectivity index is 1.29. The van der Waals surface area contributed by atoms with Crippen molar-refractivity contribution in [3.05, 3.63) is 152 Å². The van der Waals surface area contributed by atoms with Crippen molar-refractivity contribution >= 4 is 82.1 Å². The second-order valence-corrected chi connectivity index (χ2v) is 11.0. The number of benzene rings is 8. The molecule has 0 saturated heterocycles. The molecular formula is C40H25NO. The second-order valence-electron chi connectivity index (χ2n) is 11.0. The molecule has 9 rings (SSSR count). The van der Waals surface area contributed by atoms with Crippen LogP contribution in [0.4, 0.5) is 17.1 Å². The van der Waals surface area contributed by atoms with Crippen molar-refractivity contribution < 1.29 is 4.42 Å². The van der Waals surface area contributed by atoms with Gasteiger partial charge in [0.1, 0.15) is 11.2 Å². The number of anilines is 3. The Morgan fingerprint density at radius 3 is 1.86 bits per heavy atom. The summed E-state index contributed by atoms with van der Waals surface area (Å²) in [6, 6.07) is 54.4. The molecule has 0 spiro atoms. The van der Waals surface area contributed by atoms with Gasteiger partial charge in [0.15, 0.2) is 0 Å². The molecule has 0 aliphatic rings. The molecule has 0 atom stereocenters. The molecule has 0 aliphatic heterocycles. The number of hydrogen-bond acceptors (Lipinski definition) is 2. The fourth-order valence-electron chi connectivity index (χ4n) is 6.66. The Bertz CT molecular complexity index is 2470. The summed E-state index contributed by atoms with van der Waals surface area (Å²) in [4.78, 5) is 2.35. The summed E-state index contributed by atoms with van der Waals surface area (Å²) >= 11 is 0. The number of fused-ring (bicyclic) bond motifs is 10. The van der Waals surface area contributed by atoms with Gasteiger partial charge in [-0.1, -0.05) is 103 Å². The zero-order valence-electron chi connectivity index (χ0n) is 22.8. The molecule has 1 heterocycles. The van der Waals surface area contributed by atoms with E-state index in [1.807, 2.05) is 12.1 Å². The highest BCUT2D eigenvalue weighted by Crippen LogP contribution is 2.41. The summed E-state index contributed by atoms with van der Waals surface area (Å²) in [6.45, 7) is 0. The molecule has 0 bridgehead atoms. The minimum absolute atomic E-state index is 0.914. The van der Waals surface area contributed by atoms with Gasteiger partial charge in [-0.2, -0.15) is 0 Å². The van der Waals surface area contributed by atoms with E-state index in [1.54, 1.807) is 0 Å². The van der Waals surface area contributed by atoms with Crippen molar-refractivity contribution in [1.82, 2.24) is 0 Å². The normalized spacial score (nSPS) is 11.8. The lowest BCUT2D eigenvalue weighted by Gasteiger charge is -2.26. The largest absolute Gasteiger partial charge is 0.456 e. The summed E-state index contributed by atoms with van der Waals surface area (Å²) in [7, 11) is 0. The predicted octanol–water partition coefficient (Wildman–Crippen LogP) is 11.7. The minimum atomic E-state index is 0.914. The van der Waals surface area contributed by atoms with Gasteiger partial charge < -0.3 is 9.32 Å². The highest BCUT2D eigenvalue weighted by molar-refractivity contribution is 6.21. The van der Waals surface area contributed by atoms with Crippen LogP contribution in [-0.2, 0) is 0 Å². The van der Waals surface area contributed by atoms with E-state index < -0.39 is 0 Å².